The molecule has 0 aromatic heterocycles. The van der Waals surface area contributed by atoms with Gasteiger partial charge in [0.25, 0.3) is 0 Å². The maximum atomic E-state index is 13.9. The van der Waals surface area contributed by atoms with Gasteiger partial charge in [-0.3, -0.25) is 0 Å². The minimum Gasteiger partial charge on any atom is -0.493 e. The fourth-order valence-electron chi connectivity index (χ4n) is 3.68. The predicted octanol–water partition coefficient (Wildman–Crippen LogP) is 6.27. The molecule has 0 heterocycles. The average molecular weight is 406 g/mol. The SMILES string of the molecule is COc1cc(CNC2CCCCCCC2)ccc1OCc1c(F)cccc1Cl. The summed E-state index contributed by atoms with van der Waals surface area (Å²) in [5.41, 5.74) is 1.50. The van der Waals surface area contributed by atoms with Gasteiger partial charge in [0, 0.05) is 18.2 Å². The van der Waals surface area contributed by atoms with Crippen molar-refractivity contribution in [2.45, 2.75) is 64.1 Å². The normalized spacial score (nSPS) is 15.7. The smallest absolute Gasteiger partial charge is 0.161 e. The minimum absolute atomic E-state index is 0.0571. The zero-order valence-corrected chi connectivity index (χ0v) is 17.2. The number of hydrogen-bond acceptors (Lipinski definition) is 3. The summed E-state index contributed by atoms with van der Waals surface area (Å²) in [6, 6.07) is 11.1. The minimum atomic E-state index is -0.369. The summed E-state index contributed by atoms with van der Waals surface area (Å²) in [6.45, 7) is 0.863. The van der Waals surface area contributed by atoms with E-state index in [0.717, 1.165) is 12.1 Å². The van der Waals surface area contributed by atoms with E-state index in [4.69, 9.17) is 21.1 Å². The number of methoxy groups -OCH3 is 1. The molecule has 0 bridgehead atoms. The molecule has 2 aromatic rings. The van der Waals surface area contributed by atoms with Crippen LogP contribution in [0.5, 0.6) is 11.5 Å². The van der Waals surface area contributed by atoms with Crippen molar-refractivity contribution in [1.82, 2.24) is 5.32 Å². The molecule has 1 aliphatic rings. The van der Waals surface area contributed by atoms with E-state index in [0.29, 0.717) is 28.1 Å². The number of nitrogens with one attached hydrogen (secondary N) is 1. The maximum absolute atomic E-state index is 13.9. The molecule has 5 heteroatoms. The van der Waals surface area contributed by atoms with E-state index in [1.54, 1.807) is 19.2 Å². The Morgan fingerprint density at radius 2 is 1.79 bits per heavy atom. The lowest BCUT2D eigenvalue weighted by atomic mass is 9.96. The Labute approximate surface area is 172 Å². The monoisotopic (exact) mass is 405 g/mol. The van der Waals surface area contributed by atoms with Gasteiger partial charge in [0.05, 0.1) is 12.1 Å². The average Bonchev–Trinajstić information content (AvgIpc) is 2.67. The molecule has 0 amide bonds. The first-order valence-corrected chi connectivity index (χ1v) is 10.5. The molecule has 2 aromatic carbocycles. The second-order valence-electron chi connectivity index (χ2n) is 7.40. The van der Waals surface area contributed by atoms with Crippen LogP contribution in [0.2, 0.25) is 5.02 Å². The summed E-state index contributed by atoms with van der Waals surface area (Å²) in [6.07, 6.45) is 9.21. The van der Waals surface area contributed by atoms with E-state index in [9.17, 15) is 4.39 Å². The number of hydrogen-bond donors (Lipinski definition) is 1. The Hall–Kier alpha value is -1.78. The number of halogens is 2. The van der Waals surface area contributed by atoms with E-state index < -0.39 is 0 Å². The molecule has 28 heavy (non-hydrogen) atoms. The highest BCUT2D eigenvalue weighted by Gasteiger charge is 2.13. The first kappa shape index (κ1) is 20.9. The van der Waals surface area contributed by atoms with Gasteiger partial charge in [-0.25, -0.2) is 4.39 Å². The molecule has 0 spiro atoms. The van der Waals surface area contributed by atoms with Gasteiger partial charge in [-0.1, -0.05) is 55.8 Å². The van der Waals surface area contributed by atoms with E-state index >= 15 is 0 Å². The van der Waals surface area contributed by atoms with Gasteiger partial charge in [-0.05, 0) is 42.7 Å². The van der Waals surface area contributed by atoms with Crippen LogP contribution in [0.15, 0.2) is 36.4 Å². The standard InChI is InChI=1S/C23H29ClFNO2/c1-27-23-14-17(15-26-18-8-5-3-2-4-6-9-18)12-13-22(23)28-16-19-20(24)10-7-11-21(19)25/h7,10-14,18,26H,2-6,8-9,15-16H2,1H3. The Morgan fingerprint density at radius 1 is 1.04 bits per heavy atom. The van der Waals surface area contributed by atoms with Gasteiger partial charge < -0.3 is 14.8 Å². The van der Waals surface area contributed by atoms with Gasteiger partial charge in [0.1, 0.15) is 12.4 Å². The number of rotatable bonds is 7. The molecule has 1 saturated carbocycles. The zero-order chi connectivity index (χ0) is 19.8. The van der Waals surface area contributed by atoms with Crippen molar-refractivity contribution in [2.75, 3.05) is 7.11 Å². The third kappa shape index (κ3) is 5.86. The number of ether oxygens (including phenoxy) is 2. The summed E-state index contributed by atoms with van der Waals surface area (Å²) in [5, 5.41) is 4.05. The summed E-state index contributed by atoms with van der Waals surface area (Å²) in [5.74, 6) is 0.854. The molecule has 152 valence electrons. The molecule has 1 fully saturated rings. The van der Waals surface area contributed by atoms with E-state index in [-0.39, 0.29) is 12.4 Å². The molecular formula is C23H29ClFNO2. The van der Waals surface area contributed by atoms with Gasteiger partial charge >= 0.3 is 0 Å². The molecule has 3 rings (SSSR count). The molecule has 1 N–H and O–H groups in total. The third-order valence-electron chi connectivity index (χ3n) is 5.36. The molecule has 3 nitrogen and oxygen atoms in total. The highest BCUT2D eigenvalue weighted by atomic mass is 35.5. The summed E-state index contributed by atoms with van der Waals surface area (Å²) >= 11 is 6.07. The van der Waals surface area contributed by atoms with Crippen molar-refractivity contribution in [3.63, 3.8) is 0 Å². The van der Waals surface area contributed by atoms with E-state index in [1.165, 1.54) is 51.0 Å². The first-order valence-electron chi connectivity index (χ1n) is 10.1. The number of benzene rings is 2. The van der Waals surface area contributed by atoms with Crippen LogP contribution in [-0.2, 0) is 13.2 Å². The summed E-state index contributed by atoms with van der Waals surface area (Å²) in [4.78, 5) is 0. The van der Waals surface area contributed by atoms with Crippen LogP contribution in [0.25, 0.3) is 0 Å². The largest absolute Gasteiger partial charge is 0.493 e. The van der Waals surface area contributed by atoms with Crippen molar-refractivity contribution in [2.24, 2.45) is 0 Å². The summed E-state index contributed by atoms with van der Waals surface area (Å²) < 4.78 is 25.2. The van der Waals surface area contributed by atoms with Crippen LogP contribution in [0, 0.1) is 5.82 Å². The molecule has 0 unspecified atom stereocenters. The predicted molar refractivity (Wildman–Crippen MR) is 112 cm³/mol. The molecule has 0 aliphatic heterocycles. The van der Waals surface area contributed by atoms with Crippen molar-refractivity contribution < 1.29 is 13.9 Å². The molecule has 0 atom stereocenters. The lowest BCUT2D eigenvalue weighted by Gasteiger charge is -2.21. The third-order valence-corrected chi connectivity index (χ3v) is 5.72. The Morgan fingerprint density at radius 3 is 2.50 bits per heavy atom. The fourth-order valence-corrected chi connectivity index (χ4v) is 3.90. The highest BCUT2D eigenvalue weighted by Crippen LogP contribution is 2.30. The Kier molecular flexibility index (Phi) is 7.99. The van der Waals surface area contributed by atoms with Gasteiger partial charge in [0.15, 0.2) is 11.5 Å². The first-order chi connectivity index (χ1) is 13.7. The van der Waals surface area contributed by atoms with Crippen LogP contribution in [0.4, 0.5) is 4.39 Å². The van der Waals surface area contributed by atoms with Crippen LogP contribution in [0.3, 0.4) is 0 Å². The van der Waals surface area contributed by atoms with Crippen molar-refractivity contribution >= 4 is 11.6 Å². The zero-order valence-electron chi connectivity index (χ0n) is 16.5. The molecule has 1 aliphatic carbocycles. The second-order valence-corrected chi connectivity index (χ2v) is 7.80. The van der Waals surface area contributed by atoms with Crippen molar-refractivity contribution in [1.29, 1.82) is 0 Å². The van der Waals surface area contributed by atoms with Crippen molar-refractivity contribution in [3.8, 4) is 11.5 Å². The fraction of sp³-hybridized carbons (Fsp3) is 0.478. The topological polar surface area (TPSA) is 30.5 Å². The van der Waals surface area contributed by atoms with Gasteiger partial charge in [-0.15, -0.1) is 0 Å². The quantitative estimate of drug-likeness (QED) is 0.588. The lowest BCUT2D eigenvalue weighted by molar-refractivity contribution is 0.279. The van der Waals surface area contributed by atoms with Gasteiger partial charge in [-0.2, -0.15) is 0 Å². The maximum Gasteiger partial charge on any atom is 0.161 e. The molecule has 0 saturated heterocycles. The van der Waals surface area contributed by atoms with Crippen LogP contribution >= 0.6 is 11.6 Å². The van der Waals surface area contributed by atoms with Crippen LogP contribution in [-0.4, -0.2) is 13.2 Å². The van der Waals surface area contributed by atoms with Crippen LogP contribution < -0.4 is 14.8 Å². The van der Waals surface area contributed by atoms with Crippen LogP contribution in [0.1, 0.15) is 56.1 Å². The second kappa shape index (κ2) is 10.7. The van der Waals surface area contributed by atoms with E-state index in [2.05, 4.69) is 5.32 Å². The lowest BCUT2D eigenvalue weighted by Crippen LogP contribution is -2.29. The molecule has 0 radical (unpaired) electrons. The Balaban J connectivity index is 1.60. The molecular weight excluding hydrogens is 377 g/mol. The van der Waals surface area contributed by atoms with Crippen molar-refractivity contribution in [3.05, 3.63) is 58.4 Å². The van der Waals surface area contributed by atoms with E-state index in [1.807, 2.05) is 18.2 Å². The summed E-state index contributed by atoms with van der Waals surface area (Å²) in [7, 11) is 1.62. The Bertz CT molecular complexity index is 740. The highest BCUT2D eigenvalue weighted by molar-refractivity contribution is 6.31. The van der Waals surface area contributed by atoms with Gasteiger partial charge in [0.2, 0.25) is 0 Å².